The van der Waals surface area contributed by atoms with Gasteiger partial charge in [-0.1, -0.05) is 53.7 Å². The Morgan fingerprint density at radius 2 is 1.75 bits per heavy atom. The first-order valence-corrected chi connectivity index (χ1v) is 7.87. The summed E-state index contributed by atoms with van der Waals surface area (Å²) in [4.78, 5) is 0. The van der Waals surface area contributed by atoms with Gasteiger partial charge in [0.05, 0.1) is 0 Å². The number of rotatable bonds is 2. The summed E-state index contributed by atoms with van der Waals surface area (Å²) in [6.07, 6.45) is 5.66. The molecule has 0 aliphatic heterocycles. The minimum Gasteiger partial charge on any atom is -0.207 e. The van der Waals surface area contributed by atoms with Gasteiger partial charge in [-0.25, -0.2) is 4.39 Å². The largest absolute Gasteiger partial charge is 0.207 e. The molecule has 0 bridgehead atoms. The molecule has 0 aromatic heterocycles. The van der Waals surface area contributed by atoms with E-state index in [0.717, 1.165) is 24.0 Å². The van der Waals surface area contributed by atoms with Crippen molar-refractivity contribution < 1.29 is 4.39 Å². The fourth-order valence-electron chi connectivity index (χ4n) is 2.66. The lowest BCUT2D eigenvalue weighted by atomic mass is 9.75. The van der Waals surface area contributed by atoms with E-state index < -0.39 is 0 Å². The van der Waals surface area contributed by atoms with Crippen LogP contribution in [0.4, 0.5) is 4.39 Å². The maximum Gasteiger partial charge on any atom is 0.124 e. The van der Waals surface area contributed by atoms with E-state index in [1.54, 1.807) is 12.1 Å². The Hall–Kier alpha value is -1.11. The average Bonchev–Trinajstić information content (AvgIpc) is 2.39. The highest BCUT2D eigenvalue weighted by molar-refractivity contribution is 5.67. The molecule has 0 spiro atoms. The average molecular weight is 276 g/mol. The van der Waals surface area contributed by atoms with E-state index in [1.807, 2.05) is 13.8 Å². The second kappa shape index (κ2) is 7.06. The molecule has 0 heterocycles. The summed E-state index contributed by atoms with van der Waals surface area (Å²) in [6.45, 7) is 12.8. The van der Waals surface area contributed by atoms with E-state index in [-0.39, 0.29) is 5.82 Å². The van der Waals surface area contributed by atoms with Gasteiger partial charge >= 0.3 is 0 Å². The quantitative estimate of drug-likeness (QED) is 0.573. The predicted octanol–water partition coefficient (Wildman–Crippen LogP) is 6.57. The summed E-state index contributed by atoms with van der Waals surface area (Å²) < 4.78 is 13.7. The minimum absolute atomic E-state index is 0.111. The zero-order valence-electron chi connectivity index (χ0n) is 13.9. The van der Waals surface area contributed by atoms with Crippen LogP contribution in [-0.2, 0) is 0 Å². The van der Waals surface area contributed by atoms with Gasteiger partial charge < -0.3 is 0 Å². The number of allylic oxidation sites excluding steroid dienone is 2. The van der Waals surface area contributed by atoms with E-state index in [4.69, 9.17) is 0 Å². The monoisotopic (exact) mass is 276 g/mol. The summed E-state index contributed by atoms with van der Waals surface area (Å²) in [5, 5.41) is 0. The molecule has 1 aromatic carbocycles. The molecule has 1 heteroatoms. The normalized spacial score (nSPS) is 17.3. The molecule has 0 nitrogen and oxygen atoms in total. The second-order valence-electron chi connectivity index (χ2n) is 6.54. The van der Waals surface area contributed by atoms with Crippen molar-refractivity contribution in [2.24, 2.45) is 5.41 Å². The SMILES string of the molecule is CC.CC(C)c1cc(F)cc(C2=CCCC(C)(C)C2)c1. The number of halogens is 1. The third-order valence-corrected chi connectivity index (χ3v) is 3.84. The molecule has 112 valence electrons. The predicted molar refractivity (Wildman–Crippen MR) is 87.4 cm³/mol. The number of hydrogen-bond donors (Lipinski definition) is 0. The van der Waals surface area contributed by atoms with Gasteiger partial charge in [0.1, 0.15) is 5.82 Å². The Morgan fingerprint density at radius 3 is 2.30 bits per heavy atom. The molecule has 0 radical (unpaired) electrons. The molecule has 0 saturated carbocycles. The van der Waals surface area contributed by atoms with Crippen molar-refractivity contribution in [1.29, 1.82) is 0 Å². The molecule has 0 N–H and O–H groups in total. The fraction of sp³-hybridized carbons (Fsp3) is 0.579. The Balaban J connectivity index is 0.000000956. The minimum atomic E-state index is -0.111. The summed E-state index contributed by atoms with van der Waals surface area (Å²) in [7, 11) is 0. The molecular formula is C19H29F. The van der Waals surface area contributed by atoms with Crippen LogP contribution >= 0.6 is 0 Å². The molecule has 0 saturated heterocycles. The summed E-state index contributed by atoms with van der Waals surface area (Å²) in [6, 6.07) is 5.49. The third kappa shape index (κ3) is 4.47. The van der Waals surface area contributed by atoms with Gasteiger partial charge in [0.2, 0.25) is 0 Å². The van der Waals surface area contributed by atoms with Crippen LogP contribution in [-0.4, -0.2) is 0 Å². The molecule has 0 atom stereocenters. The molecule has 1 aliphatic carbocycles. The van der Waals surface area contributed by atoms with E-state index in [2.05, 4.69) is 39.8 Å². The molecule has 1 aliphatic rings. The van der Waals surface area contributed by atoms with Crippen molar-refractivity contribution >= 4 is 5.57 Å². The lowest BCUT2D eigenvalue weighted by Gasteiger charge is -2.30. The first-order valence-electron chi connectivity index (χ1n) is 7.87. The maximum absolute atomic E-state index is 13.7. The molecule has 0 amide bonds. The highest BCUT2D eigenvalue weighted by Crippen LogP contribution is 2.39. The van der Waals surface area contributed by atoms with Crippen LogP contribution in [0, 0.1) is 11.2 Å². The summed E-state index contributed by atoms with van der Waals surface area (Å²) >= 11 is 0. The van der Waals surface area contributed by atoms with Gasteiger partial charge in [0, 0.05) is 0 Å². The van der Waals surface area contributed by atoms with Crippen molar-refractivity contribution in [2.75, 3.05) is 0 Å². The van der Waals surface area contributed by atoms with Crippen molar-refractivity contribution in [3.8, 4) is 0 Å². The molecule has 1 aromatic rings. The van der Waals surface area contributed by atoms with Crippen molar-refractivity contribution in [3.63, 3.8) is 0 Å². The third-order valence-electron chi connectivity index (χ3n) is 3.84. The fourth-order valence-corrected chi connectivity index (χ4v) is 2.66. The van der Waals surface area contributed by atoms with Gasteiger partial charge in [-0.2, -0.15) is 0 Å². The molecule has 20 heavy (non-hydrogen) atoms. The Bertz CT molecular complexity index is 467. The van der Waals surface area contributed by atoms with E-state index in [0.29, 0.717) is 11.3 Å². The topological polar surface area (TPSA) is 0 Å². The van der Waals surface area contributed by atoms with Crippen molar-refractivity contribution in [1.82, 2.24) is 0 Å². The van der Waals surface area contributed by atoms with Crippen LogP contribution in [0.25, 0.3) is 5.57 Å². The molecular weight excluding hydrogens is 247 g/mol. The van der Waals surface area contributed by atoms with Crippen molar-refractivity contribution in [3.05, 3.63) is 41.2 Å². The first kappa shape index (κ1) is 16.9. The van der Waals surface area contributed by atoms with Crippen LogP contribution in [0.1, 0.15) is 77.8 Å². The van der Waals surface area contributed by atoms with Crippen LogP contribution in [0.3, 0.4) is 0 Å². The molecule has 0 unspecified atom stereocenters. The Morgan fingerprint density at radius 1 is 1.10 bits per heavy atom. The van der Waals surface area contributed by atoms with E-state index in [9.17, 15) is 4.39 Å². The van der Waals surface area contributed by atoms with E-state index >= 15 is 0 Å². The van der Waals surface area contributed by atoms with Gasteiger partial charge in [-0.05, 0) is 59.4 Å². The second-order valence-corrected chi connectivity index (χ2v) is 6.54. The molecule has 0 fully saturated rings. The van der Waals surface area contributed by atoms with Gasteiger partial charge in [0.25, 0.3) is 0 Å². The lowest BCUT2D eigenvalue weighted by Crippen LogP contribution is -2.15. The van der Waals surface area contributed by atoms with Crippen LogP contribution in [0.5, 0.6) is 0 Å². The van der Waals surface area contributed by atoms with Gasteiger partial charge in [-0.15, -0.1) is 0 Å². The van der Waals surface area contributed by atoms with Crippen LogP contribution in [0.15, 0.2) is 24.3 Å². The number of benzene rings is 1. The zero-order valence-corrected chi connectivity index (χ0v) is 13.9. The smallest absolute Gasteiger partial charge is 0.124 e. The number of hydrogen-bond acceptors (Lipinski definition) is 0. The Labute approximate surface area is 124 Å². The van der Waals surface area contributed by atoms with Gasteiger partial charge in [0.15, 0.2) is 0 Å². The summed E-state index contributed by atoms with van der Waals surface area (Å²) in [5.41, 5.74) is 3.82. The molecule has 2 rings (SSSR count). The van der Waals surface area contributed by atoms with Gasteiger partial charge in [-0.3, -0.25) is 0 Å². The zero-order chi connectivity index (χ0) is 15.3. The highest BCUT2D eigenvalue weighted by atomic mass is 19.1. The standard InChI is InChI=1S/C17H23F.C2H6/c1-12(2)14-8-15(10-16(18)9-14)13-6-5-7-17(3,4)11-13;1-2/h6,8-10,12H,5,7,11H2,1-4H3;1-2H3. The highest BCUT2D eigenvalue weighted by Gasteiger charge is 2.23. The lowest BCUT2D eigenvalue weighted by molar-refractivity contribution is 0.338. The maximum atomic E-state index is 13.7. The summed E-state index contributed by atoms with van der Waals surface area (Å²) in [5.74, 6) is 0.261. The Kier molecular flexibility index (Phi) is 5.98. The van der Waals surface area contributed by atoms with E-state index in [1.165, 1.54) is 12.0 Å². The van der Waals surface area contributed by atoms with Crippen LogP contribution < -0.4 is 0 Å². The first-order chi connectivity index (χ1) is 9.37. The van der Waals surface area contributed by atoms with Crippen LogP contribution in [0.2, 0.25) is 0 Å². The van der Waals surface area contributed by atoms with Crippen molar-refractivity contribution in [2.45, 2.75) is 66.7 Å².